The fourth-order valence-electron chi connectivity index (χ4n) is 8.59. The zero-order valence-corrected chi connectivity index (χ0v) is 21.3. The second kappa shape index (κ2) is 8.56. The number of fused-ring (bicyclic) bond motifs is 5. The van der Waals surface area contributed by atoms with Gasteiger partial charge in [0.25, 0.3) is 0 Å². The van der Waals surface area contributed by atoms with E-state index in [0.717, 1.165) is 76.4 Å². The summed E-state index contributed by atoms with van der Waals surface area (Å²) in [5.74, 6) is 1.49. The first-order valence-corrected chi connectivity index (χ1v) is 13.4. The Kier molecular flexibility index (Phi) is 5.96. The van der Waals surface area contributed by atoms with Gasteiger partial charge in [0.2, 0.25) is 0 Å². The maximum Gasteiger partial charge on any atom is 0.303 e. The van der Waals surface area contributed by atoms with Gasteiger partial charge in [0.1, 0.15) is 11.7 Å². The normalized spacial score (nSPS) is 41.1. The molecule has 7 nitrogen and oxygen atoms in total. The van der Waals surface area contributed by atoms with Gasteiger partial charge in [-0.3, -0.25) is 9.48 Å². The molecule has 0 bridgehead atoms. The number of esters is 1. The highest BCUT2D eigenvalue weighted by Gasteiger charge is 2.67. The van der Waals surface area contributed by atoms with Crippen molar-refractivity contribution in [3.63, 3.8) is 0 Å². The molecule has 0 amide bonds. The highest BCUT2D eigenvalue weighted by Crippen LogP contribution is 2.70. The molecule has 34 heavy (non-hydrogen) atoms. The summed E-state index contributed by atoms with van der Waals surface area (Å²) in [7, 11) is 0. The van der Waals surface area contributed by atoms with Crippen LogP contribution < -0.4 is 0 Å². The summed E-state index contributed by atoms with van der Waals surface area (Å²) in [4.78, 5) is 23.7. The minimum atomic E-state index is -0.699. The number of nitrogens with zero attached hydrogens (tertiary/aromatic N) is 4. The molecule has 0 N–H and O–H groups in total. The second-order valence-corrected chi connectivity index (χ2v) is 11.9. The topological polar surface area (TPSA) is 86.4 Å². The van der Waals surface area contributed by atoms with Gasteiger partial charge in [0.05, 0.1) is 6.20 Å². The molecule has 4 aliphatic carbocycles. The molecule has 186 valence electrons. The molecular formula is C27H40N4O3. The van der Waals surface area contributed by atoms with E-state index in [0.29, 0.717) is 17.8 Å². The van der Waals surface area contributed by atoms with E-state index in [2.05, 4.69) is 42.3 Å². The quantitative estimate of drug-likeness (QED) is 0.293. The molecule has 0 spiro atoms. The number of aromatic nitrogens is 3. The predicted octanol–water partition coefficient (Wildman–Crippen LogP) is 5.93. The molecule has 4 aliphatic rings. The van der Waals surface area contributed by atoms with E-state index >= 15 is 0 Å². The van der Waals surface area contributed by atoms with E-state index in [-0.39, 0.29) is 22.8 Å². The van der Waals surface area contributed by atoms with Crippen LogP contribution in [0.4, 0.5) is 0 Å². The van der Waals surface area contributed by atoms with Crippen molar-refractivity contribution in [3.8, 4) is 0 Å². The summed E-state index contributed by atoms with van der Waals surface area (Å²) >= 11 is 0. The lowest BCUT2D eigenvalue weighted by Crippen LogP contribution is -2.55. The lowest BCUT2D eigenvalue weighted by Gasteiger charge is -2.59. The van der Waals surface area contributed by atoms with Gasteiger partial charge in [-0.25, -0.2) is 0 Å². The number of nitroso groups, excluding NO2 is 1. The van der Waals surface area contributed by atoms with Crippen LogP contribution in [0.2, 0.25) is 0 Å². The number of allylic oxidation sites excluding steroid dienone is 1. The van der Waals surface area contributed by atoms with Gasteiger partial charge in [-0.15, -0.1) is 5.10 Å². The third kappa shape index (κ3) is 3.40. The molecule has 1 aromatic heterocycles. The van der Waals surface area contributed by atoms with Gasteiger partial charge in [-0.1, -0.05) is 49.2 Å². The van der Waals surface area contributed by atoms with Gasteiger partial charge in [0, 0.05) is 18.9 Å². The van der Waals surface area contributed by atoms with Crippen LogP contribution in [0.15, 0.2) is 23.0 Å². The average Bonchev–Trinajstić information content (AvgIpc) is 3.40. The van der Waals surface area contributed by atoms with E-state index < -0.39 is 5.60 Å². The number of unbranched alkanes of at least 4 members (excludes halogenated alkanes) is 1. The maximum atomic E-state index is 12.4. The lowest BCUT2D eigenvalue weighted by molar-refractivity contribution is -0.186. The Morgan fingerprint density at radius 1 is 1.18 bits per heavy atom. The first-order chi connectivity index (χ1) is 16.3. The Hall–Kier alpha value is -2.05. The van der Waals surface area contributed by atoms with Crippen molar-refractivity contribution in [1.82, 2.24) is 15.0 Å². The third-order valence-corrected chi connectivity index (χ3v) is 10.4. The minimum Gasteiger partial charge on any atom is -0.452 e. The monoisotopic (exact) mass is 468 g/mol. The van der Waals surface area contributed by atoms with E-state index in [9.17, 15) is 9.70 Å². The SMILES string of the molecule is CCCCn1cc([C@]2(OC(C)=O)CCC3C4CCC5=CC(N=O)CC[C@]5(C)C4CC[C@@]32C)nn1. The first-order valence-electron chi connectivity index (χ1n) is 13.4. The maximum absolute atomic E-state index is 12.4. The molecule has 1 heterocycles. The number of carbonyl (C=O) groups is 1. The summed E-state index contributed by atoms with van der Waals surface area (Å²) in [5, 5.41) is 12.4. The lowest BCUT2D eigenvalue weighted by atomic mass is 9.46. The molecule has 0 aliphatic heterocycles. The Bertz CT molecular complexity index is 988. The van der Waals surface area contributed by atoms with Gasteiger partial charge >= 0.3 is 5.97 Å². The van der Waals surface area contributed by atoms with Gasteiger partial charge in [0.15, 0.2) is 5.60 Å². The van der Waals surface area contributed by atoms with Crippen molar-refractivity contribution in [2.45, 2.75) is 110 Å². The minimum absolute atomic E-state index is 0.146. The Morgan fingerprint density at radius 3 is 2.71 bits per heavy atom. The summed E-state index contributed by atoms with van der Waals surface area (Å²) in [6.45, 7) is 9.34. The fourth-order valence-corrected chi connectivity index (χ4v) is 8.59. The van der Waals surface area contributed by atoms with E-state index in [4.69, 9.17) is 4.74 Å². The summed E-state index contributed by atoms with van der Waals surface area (Å²) in [6.07, 6.45) is 14.5. The van der Waals surface area contributed by atoms with Crippen LogP contribution >= 0.6 is 0 Å². The van der Waals surface area contributed by atoms with E-state index in [1.54, 1.807) is 0 Å². The van der Waals surface area contributed by atoms with Crippen LogP contribution in [0.1, 0.15) is 97.6 Å². The van der Waals surface area contributed by atoms with Crippen LogP contribution in [0.5, 0.6) is 0 Å². The first kappa shape index (κ1) is 23.7. The number of hydrogen-bond acceptors (Lipinski definition) is 6. The van der Waals surface area contributed by atoms with Crippen molar-refractivity contribution in [3.05, 3.63) is 28.4 Å². The highest BCUT2D eigenvalue weighted by molar-refractivity contribution is 5.67. The van der Waals surface area contributed by atoms with Gasteiger partial charge in [-0.2, -0.15) is 4.91 Å². The van der Waals surface area contributed by atoms with Crippen molar-refractivity contribution >= 4 is 5.97 Å². The number of carbonyl (C=O) groups excluding carboxylic acids is 1. The number of ether oxygens (including phenoxy) is 1. The van der Waals surface area contributed by atoms with Crippen LogP contribution in [0.25, 0.3) is 0 Å². The standard InChI is InChI=1S/C27H40N4O3/c1-5-6-15-31-17-24(28-30-31)27(34-18(2)32)14-11-23-21-8-7-19-16-20(29-33)9-12-25(19,3)22(21)10-13-26(23,27)4/h16-17,20-23H,5-15H2,1-4H3/t20?,21?,22?,23?,25-,26-,27+/m0/s1. The Morgan fingerprint density at radius 2 is 1.97 bits per heavy atom. The van der Waals surface area contributed by atoms with Crippen LogP contribution in [0, 0.1) is 33.5 Å². The summed E-state index contributed by atoms with van der Waals surface area (Å²) < 4.78 is 8.22. The molecule has 0 saturated heterocycles. The van der Waals surface area contributed by atoms with Gasteiger partial charge < -0.3 is 4.74 Å². The number of hydrogen-bond donors (Lipinski definition) is 0. The molecule has 7 atom stereocenters. The van der Waals surface area contributed by atoms with Crippen LogP contribution in [-0.2, 0) is 21.7 Å². The largest absolute Gasteiger partial charge is 0.452 e. The van der Waals surface area contributed by atoms with Crippen molar-refractivity contribution in [1.29, 1.82) is 0 Å². The smallest absolute Gasteiger partial charge is 0.303 e. The Balaban J connectivity index is 1.48. The van der Waals surface area contributed by atoms with Crippen LogP contribution in [0.3, 0.4) is 0 Å². The third-order valence-electron chi connectivity index (χ3n) is 10.4. The second-order valence-electron chi connectivity index (χ2n) is 11.9. The number of aryl methyl sites for hydroxylation is 1. The molecule has 7 heteroatoms. The molecule has 3 fully saturated rings. The average molecular weight is 469 g/mol. The van der Waals surface area contributed by atoms with Crippen molar-refractivity contribution in [2.75, 3.05) is 0 Å². The fraction of sp³-hybridized carbons (Fsp3) is 0.815. The molecular weight excluding hydrogens is 428 g/mol. The molecule has 4 unspecified atom stereocenters. The summed E-state index contributed by atoms with van der Waals surface area (Å²) in [5.41, 5.74) is 1.62. The van der Waals surface area contributed by atoms with Crippen molar-refractivity contribution < 1.29 is 9.53 Å². The zero-order chi connectivity index (χ0) is 24.1. The van der Waals surface area contributed by atoms with Crippen molar-refractivity contribution in [2.24, 2.45) is 33.8 Å². The number of rotatable bonds is 6. The molecule has 5 rings (SSSR count). The molecule has 1 aromatic rings. The van der Waals surface area contributed by atoms with E-state index in [1.807, 2.05) is 10.9 Å². The predicted molar refractivity (Wildman–Crippen MR) is 130 cm³/mol. The molecule has 0 aromatic carbocycles. The Labute approximate surface area is 203 Å². The molecule has 0 radical (unpaired) electrons. The van der Waals surface area contributed by atoms with Gasteiger partial charge in [-0.05, 0) is 81.0 Å². The van der Waals surface area contributed by atoms with Crippen LogP contribution in [-0.4, -0.2) is 27.0 Å². The van der Waals surface area contributed by atoms with E-state index in [1.165, 1.54) is 12.5 Å². The highest BCUT2D eigenvalue weighted by atomic mass is 16.6. The molecule has 3 saturated carbocycles. The zero-order valence-electron chi connectivity index (χ0n) is 21.3. The summed E-state index contributed by atoms with van der Waals surface area (Å²) in [6, 6.07) is -0.146.